The topological polar surface area (TPSA) is 30.0 Å². The lowest BCUT2D eigenvalue weighted by molar-refractivity contribution is 0.112. The molecule has 2 nitrogen and oxygen atoms in total. The highest BCUT2D eigenvalue weighted by molar-refractivity contribution is 7.17. The van der Waals surface area contributed by atoms with Crippen LogP contribution in [0.2, 0.25) is 0 Å². The van der Waals surface area contributed by atoms with Gasteiger partial charge in [0.25, 0.3) is 0 Å². The van der Waals surface area contributed by atoms with Crippen LogP contribution >= 0.6 is 22.7 Å². The molecule has 0 atom stereocenters. The molecular weight excluding hydrogens is 202 g/mol. The van der Waals surface area contributed by atoms with Crippen molar-refractivity contribution in [3.63, 3.8) is 0 Å². The lowest BCUT2D eigenvalue weighted by Crippen LogP contribution is -1.66. The van der Waals surface area contributed by atoms with Crippen LogP contribution in [0.1, 0.15) is 14.5 Å². The van der Waals surface area contributed by atoms with Crippen LogP contribution in [-0.2, 0) is 0 Å². The minimum Gasteiger partial charge on any atom is -0.297 e. The summed E-state index contributed by atoms with van der Waals surface area (Å²) in [6.07, 6.45) is 2.44. The van der Waals surface area contributed by atoms with E-state index in [-0.39, 0.29) is 0 Å². The van der Waals surface area contributed by atoms with Crippen LogP contribution in [0.4, 0.5) is 0 Å². The van der Waals surface area contributed by atoms with Gasteiger partial charge in [-0.25, -0.2) is 4.98 Å². The summed E-state index contributed by atoms with van der Waals surface area (Å²) in [5.41, 5.74) is 1.11. The third-order valence-corrected chi connectivity index (χ3v) is 3.45. The standard InChI is InChI=1S/C9H7NOS2/c1-6-2-7(5-12-6)9-10-3-8(4-11)13-9/h2-5H,1H3. The van der Waals surface area contributed by atoms with Crippen molar-refractivity contribution in [1.82, 2.24) is 4.98 Å². The van der Waals surface area contributed by atoms with E-state index in [0.717, 1.165) is 16.9 Å². The van der Waals surface area contributed by atoms with Crippen molar-refractivity contribution in [1.29, 1.82) is 0 Å². The van der Waals surface area contributed by atoms with Crippen molar-refractivity contribution in [2.45, 2.75) is 6.92 Å². The fraction of sp³-hybridized carbons (Fsp3) is 0.111. The first-order valence-corrected chi connectivity index (χ1v) is 5.46. The second-order valence-electron chi connectivity index (χ2n) is 2.63. The number of nitrogens with zero attached hydrogens (tertiary/aromatic N) is 1. The zero-order valence-corrected chi connectivity index (χ0v) is 8.61. The summed E-state index contributed by atoms with van der Waals surface area (Å²) in [7, 11) is 0. The average molecular weight is 209 g/mol. The zero-order valence-electron chi connectivity index (χ0n) is 6.98. The number of thiophene rings is 1. The molecule has 0 fully saturated rings. The highest BCUT2D eigenvalue weighted by Gasteiger charge is 2.04. The van der Waals surface area contributed by atoms with Crippen molar-refractivity contribution in [3.05, 3.63) is 27.4 Å². The molecule has 13 heavy (non-hydrogen) atoms. The van der Waals surface area contributed by atoms with Crippen molar-refractivity contribution in [3.8, 4) is 10.6 Å². The Balaban J connectivity index is 2.40. The molecule has 0 N–H and O–H groups in total. The molecule has 0 aliphatic carbocycles. The largest absolute Gasteiger partial charge is 0.297 e. The zero-order chi connectivity index (χ0) is 9.26. The van der Waals surface area contributed by atoms with Gasteiger partial charge in [-0.05, 0) is 13.0 Å². The summed E-state index contributed by atoms with van der Waals surface area (Å²) in [6, 6.07) is 2.08. The third-order valence-electron chi connectivity index (χ3n) is 1.62. The summed E-state index contributed by atoms with van der Waals surface area (Å²) in [6.45, 7) is 2.06. The number of hydrogen-bond acceptors (Lipinski definition) is 4. The van der Waals surface area contributed by atoms with E-state index in [0.29, 0.717) is 4.88 Å². The number of aryl methyl sites for hydroxylation is 1. The van der Waals surface area contributed by atoms with Crippen molar-refractivity contribution in [2.24, 2.45) is 0 Å². The minimum atomic E-state index is 0.679. The summed E-state index contributed by atoms with van der Waals surface area (Å²) in [5.74, 6) is 0. The van der Waals surface area contributed by atoms with Crippen LogP contribution in [0.3, 0.4) is 0 Å². The highest BCUT2D eigenvalue weighted by atomic mass is 32.1. The molecule has 0 aliphatic heterocycles. The molecule has 0 radical (unpaired) electrons. The van der Waals surface area contributed by atoms with E-state index >= 15 is 0 Å². The van der Waals surface area contributed by atoms with Gasteiger partial charge in [-0.15, -0.1) is 22.7 Å². The number of carbonyl (C=O) groups is 1. The third kappa shape index (κ3) is 1.68. The number of aromatic nitrogens is 1. The summed E-state index contributed by atoms with van der Waals surface area (Å²) >= 11 is 3.12. The molecule has 0 spiro atoms. The van der Waals surface area contributed by atoms with Crippen molar-refractivity contribution >= 4 is 29.0 Å². The smallest absolute Gasteiger partial charge is 0.161 e. The number of carbonyl (C=O) groups excluding carboxylic acids is 1. The first kappa shape index (κ1) is 8.59. The van der Waals surface area contributed by atoms with Crippen LogP contribution in [0.5, 0.6) is 0 Å². The highest BCUT2D eigenvalue weighted by Crippen LogP contribution is 2.28. The van der Waals surface area contributed by atoms with Crippen LogP contribution in [0, 0.1) is 6.92 Å². The van der Waals surface area contributed by atoms with Gasteiger partial charge in [0.1, 0.15) is 5.01 Å². The Kier molecular flexibility index (Phi) is 2.24. The van der Waals surface area contributed by atoms with Crippen LogP contribution in [0.15, 0.2) is 17.6 Å². The van der Waals surface area contributed by atoms with Gasteiger partial charge < -0.3 is 0 Å². The van der Waals surface area contributed by atoms with Gasteiger partial charge in [-0.3, -0.25) is 4.79 Å². The van der Waals surface area contributed by atoms with E-state index in [1.165, 1.54) is 16.2 Å². The number of rotatable bonds is 2. The van der Waals surface area contributed by atoms with Gasteiger partial charge in [0.05, 0.1) is 4.88 Å². The Hall–Kier alpha value is -1.000. The van der Waals surface area contributed by atoms with E-state index in [9.17, 15) is 4.79 Å². The lowest BCUT2D eigenvalue weighted by atomic mass is 10.3. The molecule has 0 aliphatic rings. The maximum atomic E-state index is 10.4. The Labute approximate surface area is 83.9 Å². The molecule has 66 valence electrons. The molecule has 0 saturated heterocycles. The Morgan fingerprint density at radius 1 is 1.54 bits per heavy atom. The first-order chi connectivity index (χ1) is 6.29. The maximum absolute atomic E-state index is 10.4. The fourth-order valence-electron chi connectivity index (χ4n) is 1.03. The molecule has 0 unspecified atom stereocenters. The maximum Gasteiger partial charge on any atom is 0.161 e. The molecule has 2 aromatic heterocycles. The van der Waals surface area contributed by atoms with E-state index < -0.39 is 0 Å². The van der Waals surface area contributed by atoms with Crippen LogP contribution in [0.25, 0.3) is 10.6 Å². The Morgan fingerprint density at radius 3 is 2.92 bits per heavy atom. The SMILES string of the molecule is Cc1cc(-c2ncc(C=O)s2)cs1. The number of aldehydes is 1. The van der Waals surface area contributed by atoms with Gasteiger partial charge in [0.2, 0.25) is 0 Å². The Morgan fingerprint density at radius 2 is 2.38 bits per heavy atom. The summed E-state index contributed by atoms with van der Waals surface area (Å²) < 4.78 is 0. The summed E-state index contributed by atoms with van der Waals surface area (Å²) in [5, 5.41) is 2.98. The normalized spacial score (nSPS) is 10.2. The van der Waals surface area contributed by atoms with Gasteiger partial charge in [0.15, 0.2) is 6.29 Å². The second kappa shape index (κ2) is 3.40. The van der Waals surface area contributed by atoms with Gasteiger partial charge in [-0.2, -0.15) is 0 Å². The van der Waals surface area contributed by atoms with E-state index in [4.69, 9.17) is 0 Å². The molecular formula is C9H7NOS2. The predicted molar refractivity (Wildman–Crippen MR) is 55.6 cm³/mol. The molecule has 0 aromatic carbocycles. The van der Waals surface area contributed by atoms with E-state index in [1.807, 2.05) is 0 Å². The van der Waals surface area contributed by atoms with Gasteiger partial charge in [0, 0.05) is 22.0 Å². The average Bonchev–Trinajstić information content (AvgIpc) is 2.71. The molecule has 4 heteroatoms. The molecule has 2 aromatic rings. The van der Waals surface area contributed by atoms with Crippen molar-refractivity contribution < 1.29 is 4.79 Å². The molecule has 2 rings (SSSR count). The number of thiazole rings is 1. The quantitative estimate of drug-likeness (QED) is 0.712. The molecule has 0 bridgehead atoms. The molecule has 0 saturated carbocycles. The van der Waals surface area contributed by atoms with Gasteiger partial charge >= 0.3 is 0 Å². The lowest BCUT2D eigenvalue weighted by Gasteiger charge is -1.85. The van der Waals surface area contributed by atoms with Crippen LogP contribution in [-0.4, -0.2) is 11.3 Å². The fourth-order valence-corrected chi connectivity index (χ4v) is 2.51. The van der Waals surface area contributed by atoms with Crippen LogP contribution < -0.4 is 0 Å². The first-order valence-electron chi connectivity index (χ1n) is 3.76. The van der Waals surface area contributed by atoms with Gasteiger partial charge in [-0.1, -0.05) is 0 Å². The second-order valence-corrected chi connectivity index (χ2v) is 4.81. The van der Waals surface area contributed by atoms with E-state index in [1.54, 1.807) is 17.5 Å². The minimum absolute atomic E-state index is 0.679. The monoisotopic (exact) mass is 209 g/mol. The molecule has 2 heterocycles. The van der Waals surface area contributed by atoms with E-state index in [2.05, 4.69) is 23.4 Å². The molecule has 0 amide bonds. The summed E-state index contributed by atoms with van der Waals surface area (Å²) in [4.78, 5) is 16.5. The van der Waals surface area contributed by atoms with Crippen molar-refractivity contribution in [2.75, 3.05) is 0 Å². The Bertz CT molecular complexity index is 430. The predicted octanol–water partition coefficient (Wildman–Crippen LogP) is 2.99. The number of hydrogen-bond donors (Lipinski definition) is 0.